The van der Waals surface area contributed by atoms with Crippen molar-refractivity contribution in [1.82, 2.24) is 14.7 Å². The zero-order chi connectivity index (χ0) is 22.5. The van der Waals surface area contributed by atoms with Gasteiger partial charge in [0.15, 0.2) is 0 Å². The molecular formula is C26H27N3O2S. The number of ether oxygens (including phenoxy) is 1. The number of benzene rings is 2. The smallest absolute Gasteiger partial charge is 0.264 e. The molecule has 2 aromatic heterocycles. The van der Waals surface area contributed by atoms with Crippen LogP contribution in [0.4, 0.5) is 0 Å². The number of aromatic nitrogens is 2. The van der Waals surface area contributed by atoms with Crippen LogP contribution in [0.25, 0.3) is 5.69 Å². The normalized spacial score (nSPS) is 11.8. The van der Waals surface area contributed by atoms with Crippen molar-refractivity contribution in [2.24, 2.45) is 0 Å². The molecule has 164 valence electrons. The van der Waals surface area contributed by atoms with E-state index in [2.05, 4.69) is 13.8 Å². The molecule has 0 aliphatic heterocycles. The number of para-hydroxylation sites is 2. The highest BCUT2D eigenvalue weighted by atomic mass is 32.1. The van der Waals surface area contributed by atoms with E-state index in [1.807, 2.05) is 94.7 Å². The third-order valence-corrected chi connectivity index (χ3v) is 6.40. The summed E-state index contributed by atoms with van der Waals surface area (Å²) in [6, 6.07) is 23.5. The summed E-state index contributed by atoms with van der Waals surface area (Å²) >= 11 is 1.47. The van der Waals surface area contributed by atoms with Crippen molar-refractivity contribution < 1.29 is 9.53 Å². The average molecular weight is 446 g/mol. The number of nitrogens with zero attached hydrogens (tertiary/aromatic N) is 3. The van der Waals surface area contributed by atoms with Gasteiger partial charge in [0.05, 0.1) is 28.4 Å². The van der Waals surface area contributed by atoms with Crippen molar-refractivity contribution in [3.63, 3.8) is 0 Å². The fourth-order valence-corrected chi connectivity index (χ4v) is 4.21. The van der Waals surface area contributed by atoms with Gasteiger partial charge in [-0.3, -0.25) is 4.79 Å². The van der Waals surface area contributed by atoms with Gasteiger partial charge in [-0.1, -0.05) is 49.4 Å². The monoisotopic (exact) mass is 445 g/mol. The van der Waals surface area contributed by atoms with Crippen LogP contribution in [0.1, 0.15) is 41.2 Å². The third-order valence-electron chi connectivity index (χ3n) is 5.54. The predicted octanol–water partition coefficient (Wildman–Crippen LogP) is 6.48. The van der Waals surface area contributed by atoms with Crippen LogP contribution >= 0.6 is 11.3 Å². The Labute approximate surface area is 192 Å². The van der Waals surface area contributed by atoms with E-state index in [-0.39, 0.29) is 11.9 Å². The summed E-state index contributed by atoms with van der Waals surface area (Å²) < 4.78 is 8.19. The number of thiophene rings is 1. The van der Waals surface area contributed by atoms with Crippen molar-refractivity contribution in [3.8, 4) is 17.3 Å². The molecule has 4 rings (SSSR count). The Bertz CT molecular complexity index is 1150. The predicted molar refractivity (Wildman–Crippen MR) is 129 cm³/mol. The minimum absolute atomic E-state index is 0.0341. The molecule has 4 aromatic rings. The second kappa shape index (κ2) is 9.83. The Morgan fingerprint density at radius 3 is 2.38 bits per heavy atom. The van der Waals surface area contributed by atoms with Gasteiger partial charge >= 0.3 is 0 Å². The van der Waals surface area contributed by atoms with Crippen molar-refractivity contribution in [1.29, 1.82) is 0 Å². The lowest BCUT2D eigenvalue weighted by atomic mass is 10.1. The fourth-order valence-electron chi connectivity index (χ4n) is 3.53. The second-order valence-corrected chi connectivity index (χ2v) is 8.65. The first-order chi connectivity index (χ1) is 15.6. The van der Waals surface area contributed by atoms with Crippen molar-refractivity contribution >= 4 is 17.2 Å². The summed E-state index contributed by atoms with van der Waals surface area (Å²) in [5.74, 6) is 1.39. The molecule has 6 heteroatoms. The highest BCUT2D eigenvalue weighted by Crippen LogP contribution is 2.32. The number of carbonyl (C=O) groups is 1. The minimum atomic E-state index is 0.0341. The number of carbonyl (C=O) groups excluding carboxylic acids is 1. The summed E-state index contributed by atoms with van der Waals surface area (Å²) in [4.78, 5) is 16.0. The third kappa shape index (κ3) is 4.60. The Kier molecular flexibility index (Phi) is 6.71. The van der Waals surface area contributed by atoms with Crippen LogP contribution in [0.3, 0.4) is 0 Å². The quantitative estimate of drug-likeness (QED) is 0.312. The number of rotatable bonds is 8. The summed E-state index contributed by atoms with van der Waals surface area (Å²) in [5, 5.41) is 6.73. The molecule has 5 nitrogen and oxygen atoms in total. The lowest BCUT2D eigenvalue weighted by Gasteiger charge is -2.28. The SMILES string of the molecule is CCC(C)N(Cc1c(C)nn(-c2ccccc2)c1Oc1ccccc1)C(=O)c1cccs1. The maximum absolute atomic E-state index is 13.3. The Morgan fingerprint density at radius 2 is 1.75 bits per heavy atom. The van der Waals surface area contributed by atoms with Crippen LogP contribution in [-0.2, 0) is 6.54 Å². The van der Waals surface area contributed by atoms with Gasteiger partial charge in [-0.15, -0.1) is 11.3 Å². The Morgan fingerprint density at radius 1 is 1.06 bits per heavy atom. The first kappa shape index (κ1) is 21.8. The molecule has 1 unspecified atom stereocenters. The van der Waals surface area contributed by atoms with E-state index in [0.29, 0.717) is 12.4 Å². The molecule has 0 saturated carbocycles. The number of hydrogen-bond acceptors (Lipinski definition) is 4. The molecule has 0 aliphatic rings. The van der Waals surface area contributed by atoms with E-state index in [9.17, 15) is 4.79 Å². The van der Waals surface area contributed by atoms with E-state index in [1.165, 1.54) is 11.3 Å². The Hall–Kier alpha value is -3.38. The van der Waals surface area contributed by atoms with E-state index in [4.69, 9.17) is 9.84 Å². The van der Waals surface area contributed by atoms with Crippen molar-refractivity contribution in [2.75, 3.05) is 0 Å². The first-order valence-electron chi connectivity index (χ1n) is 10.8. The fraction of sp³-hybridized carbons (Fsp3) is 0.231. The van der Waals surface area contributed by atoms with Crippen molar-refractivity contribution in [2.45, 2.75) is 39.8 Å². The van der Waals surface area contributed by atoms with E-state index >= 15 is 0 Å². The van der Waals surface area contributed by atoms with Crippen LogP contribution in [0.15, 0.2) is 78.2 Å². The largest absolute Gasteiger partial charge is 0.439 e. The molecule has 32 heavy (non-hydrogen) atoms. The van der Waals surface area contributed by atoms with Crippen LogP contribution < -0.4 is 4.74 Å². The average Bonchev–Trinajstić information content (AvgIpc) is 3.47. The van der Waals surface area contributed by atoms with Gasteiger partial charge < -0.3 is 9.64 Å². The van der Waals surface area contributed by atoms with Crippen LogP contribution in [0, 0.1) is 6.92 Å². The van der Waals surface area contributed by atoms with Gasteiger partial charge in [-0.2, -0.15) is 5.10 Å². The molecule has 2 heterocycles. The zero-order valence-electron chi connectivity index (χ0n) is 18.6. The van der Waals surface area contributed by atoms with Gasteiger partial charge in [0.1, 0.15) is 5.75 Å². The standard InChI is InChI=1S/C26H27N3O2S/c1-4-19(2)28(25(30)24-16-11-17-32-24)18-23-20(3)27-29(21-12-7-5-8-13-21)26(23)31-22-14-9-6-10-15-22/h5-17,19H,4,18H2,1-3H3. The highest BCUT2D eigenvalue weighted by molar-refractivity contribution is 7.12. The molecule has 0 N–H and O–H groups in total. The molecule has 1 amide bonds. The summed E-state index contributed by atoms with van der Waals surface area (Å²) in [7, 11) is 0. The summed E-state index contributed by atoms with van der Waals surface area (Å²) in [6.45, 7) is 6.57. The van der Waals surface area contributed by atoms with Crippen molar-refractivity contribution in [3.05, 3.63) is 94.3 Å². The first-order valence-corrected chi connectivity index (χ1v) is 11.7. The molecular weight excluding hydrogens is 418 g/mol. The van der Waals surface area contributed by atoms with E-state index < -0.39 is 0 Å². The molecule has 0 bridgehead atoms. The molecule has 1 atom stereocenters. The van der Waals surface area contributed by atoms with Gasteiger partial charge in [0, 0.05) is 6.04 Å². The lowest BCUT2D eigenvalue weighted by Crippen LogP contribution is -2.37. The van der Waals surface area contributed by atoms with Gasteiger partial charge in [0.25, 0.3) is 5.91 Å². The van der Waals surface area contributed by atoms with E-state index in [0.717, 1.165) is 34.0 Å². The van der Waals surface area contributed by atoms with E-state index in [1.54, 1.807) is 0 Å². The maximum Gasteiger partial charge on any atom is 0.264 e. The molecule has 0 spiro atoms. The molecule has 2 aromatic carbocycles. The zero-order valence-corrected chi connectivity index (χ0v) is 19.4. The van der Waals surface area contributed by atoms with Gasteiger partial charge in [-0.25, -0.2) is 4.68 Å². The topological polar surface area (TPSA) is 47.4 Å². The summed E-state index contributed by atoms with van der Waals surface area (Å²) in [6.07, 6.45) is 0.859. The molecule has 0 aliphatic carbocycles. The number of aryl methyl sites for hydroxylation is 1. The molecule has 0 saturated heterocycles. The highest BCUT2D eigenvalue weighted by Gasteiger charge is 2.27. The van der Waals surface area contributed by atoms with Crippen LogP contribution in [-0.4, -0.2) is 26.6 Å². The minimum Gasteiger partial charge on any atom is -0.439 e. The lowest BCUT2D eigenvalue weighted by molar-refractivity contribution is 0.0675. The van der Waals surface area contributed by atoms with Gasteiger partial charge in [-0.05, 0) is 56.0 Å². The number of hydrogen-bond donors (Lipinski definition) is 0. The molecule has 0 fully saturated rings. The second-order valence-electron chi connectivity index (χ2n) is 7.70. The number of amides is 1. The van der Waals surface area contributed by atoms with Crippen LogP contribution in [0.5, 0.6) is 11.6 Å². The van der Waals surface area contributed by atoms with Crippen LogP contribution in [0.2, 0.25) is 0 Å². The maximum atomic E-state index is 13.3. The summed E-state index contributed by atoms with van der Waals surface area (Å²) in [5.41, 5.74) is 2.66. The Balaban J connectivity index is 1.78. The molecule has 0 radical (unpaired) electrons. The van der Waals surface area contributed by atoms with Gasteiger partial charge in [0.2, 0.25) is 5.88 Å².